The summed E-state index contributed by atoms with van der Waals surface area (Å²) in [5, 5.41) is 30.2. The van der Waals surface area contributed by atoms with E-state index in [4.69, 9.17) is 10.5 Å². The molecule has 15 heteroatoms. The smallest absolute Gasteiger partial charge is 0.311 e. The fourth-order valence-corrected chi connectivity index (χ4v) is 2.94. The normalized spacial score (nSPS) is 11.3. The van der Waals surface area contributed by atoms with E-state index in [1.54, 1.807) is 6.07 Å². The van der Waals surface area contributed by atoms with Crippen molar-refractivity contribution < 1.29 is 19.1 Å². The highest BCUT2D eigenvalue weighted by Gasteiger charge is 2.25. The van der Waals surface area contributed by atoms with Gasteiger partial charge >= 0.3 is 5.69 Å². The number of hydrogen-bond acceptors (Lipinski definition) is 12. The number of benzene rings is 1. The molecule has 0 bridgehead atoms. The number of nitrogens with one attached hydrogen (secondary N) is 1. The van der Waals surface area contributed by atoms with Gasteiger partial charge in [0.1, 0.15) is 0 Å². The molecule has 15 nitrogen and oxygen atoms in total. The topological polar surface area (TPSA) is 193 Å². The SMILES string of the molecule is CCN(CC)Cc1c(C(=O)N/N=C\c2ccc(OC)c([N+](=O)[O-])c2)nnn1-c1nonc1N. The van der Waals surface area contributed by atoms with Gasteiger partial charge in [0.05, 0.1) is 23.9 Å². The van der Waals surface area contributed by atoms with Crippen molar-refractivity contribution >= 4 is 23.6 Å². The second-order valence-electron chi connectivity index (χ2n) is 6.62. The van der Waals surface area contributed by atoms with Crippen LogP contribution < -0.4 is 15.9 Å². The number of aromatic nitrogens is 5. The van der Waals surface area contributed by atoms with Gasteiger partial charge in [0.25, 0.3) is 5.91 Å². The van der Waals surface area contributed by atoms with Crippen molar-refractivity contribution in [2.75, 3.05) is 25.9 Å². The van der Waals surface area contributed by atoms with E-state index in [1.165, 1.54) is 30.1 Å². The third kappa shape index (κ3) is 5.09. The lowest BCUT2D eigenvalue weighted by atomic mass is 10.2. The van der Waals surface area contributed by atoms with E-state index in [-0.39, 0.29) is 28.8 Å². The number of amides is 1. The standard InChI is InChI=1S/C18H22N10O5/c1-4-26(5-2)10-13-15(21-25-27(13)17-16(19)23-33-24-17)18(29)22-20-9-11-6-7-14(32-3)12(8-11)28(30)31/h6-9H,4-5,10H2,1-3H3,(H2,19,23)(H,22,29)/b20-9-. The third-order valence-corrected chi connectivity index (χ3v) is 4.72. The maximum atomic E-state index is 12.8. The molecule has 0 saturated carbocycles. The Morgan fingerprint density at radius 1 is 1.39 bits per heavy atom. The zero-order chi connectivity index (χ0) is 24.0. The molecule has 3 N–H and O–H groups in total. The van der Waals surface area contributed by atoms with Crippen LogP contribution >= 0.6 is 0 Å². The van der Waals surface area contributed by atoms with Crippen molar-refractivity contribution in [3.63, 3.8) is 0 Å². The first-order valence-corrected chi connectivity index (χ1v) is 9.80. The van der Waals surface area contributed by atoms with E-state index in [1.807, 2.05) is 18.7 Å². The van der Waals surface area contributed by atoms with Gasteiger partial charge in [-0.2, -0.15) is 9.78 Å². The molecule has 33 heavy (non-hydrogen) atoms. The molecule has 0 aliphatic carbocycles. The lowest BCUT2D eigenvalue weighted by molar-refractivity contribution is -0.385. The van der Waals surface area contributed by atoms with Gasteiger partial charge in [-0.05, 0) is 35.5 Å². The maximum absolute atomic E-state index is 12.8. The largest absolute Gasteiger partial charge is 0.490 e. The highest BCUT2D eigenvalue weighted by Crippen LogP contribution is 2.26. The Balaban J connectivity index is 1.85. The average molecular weight is 458 g/mol. The Morgan fingerprint density at radius 2 is 2.15 bits per heavy atom. The molecule has 3 aromatic rings. The summed E-state index contributed by atoms with van der Waals surface area (Å²) in [6.07, 6.45) is 1.26. The number of nitrogen functional groups attached to an aromatic ring is 1. The van der Waals surface area contributed by atoms with E-state index >= 15 is 0 Å². The number of nitrogens with zero attached hydrogens (tertiary/aromatic N) is 8. The second kappa shape index (κ2) is 10.3. The van der Waals surface area contributed by atoms with Gasteiger partial charge in [-0.1, -0.05) is 19.1 Å². The van der Waals surface area contributed by atoms with Crippen LogP contribution in [0.5, 0.6) is 5.75 Å². The average Bonchev–Trinajstić information content (AvgIpc) is 3.42. The zero-order valence-electron chi connectivity index (χ0n) is 18.1. The molecule has 174 valence electrons. The first-order chi connectivity index (χ1) is 15.9. The van der Waals surface area contributed by atoms with Crippen LogP contribution in [-0.2, 0) is 6.54 Å². The first-order valence-electron chi connectivity index (χ1n) is 9.80. The Hall–Kier alpha value is -4.40. The molecular weight excluding hydrogens is 436 g/mol. The van der Waals surface area contributed by atoms with Crippen LogP contribution in [-0.4, -0.2) is 67.5 Å². The van der Waals surface area contributed by atoms with Gasteiger partial charge < -0.3 is 10.5 Å². The van der Waals surface area contributed by atoms with Crippen LogP contribution in [0.3, 0.4) is 0 Å². The summed E-state index contributed by atoms with van der Waals surface area (Å²) in [6.45, 7) is 5.69. The van der Waals surface area contributed by atoms with E-state index in [0.29, 0.717) is 30.9 Å². The number of methoxy groups -OCH3 is 1. The molecule has 0 aliphatic heterocycles. The summed E-state index contributed by atoms with van der Waals surface area (Å²) in [6, 6.07) is 4.27. The Kier molecular flexibility index (Phi) is 7.24. The molecule has 0 radical (unpaired) electrons. The van der Waals surface area contributed by atoms with Crippen LogP contribution in [0, 0.1) is 10.1 Å². The summed E-state index contributed by atoms with van der Waals surface area (Å²) >= 11 is 0. The van der Waals surface area contributed by atoms with Crippen molar-refractivity contribution in [3.05, 3.63) is 45.3 Å². The zero-order valence-corrected chi connectivity index (χ0v) is 18.1. The number of carbonyl (C=O) groups excluding carboxylic acids is 1. The van der Waals surface area contributed by atoms with Crippen molar-refractivity contribution in [1.29, 1.82) is 0 Å². The van der Waals surface area contributed by atoms with Crippen molar-refractivity contribution in [3.8, 4) is 11.6 Å². The lowest BCUT2D eigenvalue weighted by Crippen LogP contribution is -2.27. The van der Waals surface area contributed by atoms with Gasteiger partial charge in [-0.15, -0.1) is 5.10 Å². The van der Waals surface area contributed by atoms with Crippen LogP contribution in [0.25, 0.3) is 5.82 Å². The van der Waals surface area contributed by atoms with Gasteiger partial charge in [0.2, 0.25) is 11.6 Å². The van der Waals surface area contributed by atoms with Gasteiger partial charge in [-0.25, -0.2) is 10.1 Å². The molecule has 0 atom stereocenters. The van der Waals surface area contributed by atoms with Crippen molar-refractivity contribution in [1.82, 2.24) is 35.6 Å². The summed E-state index contributed by atoms with van der Waals surface area (Å²) in [4.78, 5) is 25.4. The molecule has 2 aromatic heterocycles. The van der Waals surface area contributed by atoms with E-state index in [2.05, 4.69) is 35.8 Å². The monoisotopic (exact) mass is 458 g/mol. The number of carbonyl (C=O) groups is 1. The van der Waals surface area contributed by atoms with E-state index < -0.39 is 10.8 Å². The molecule has 1 amide bonds. The van der Waals surface area contributed by atoms with Crippen LogP contribution in [0.4, 0.5) is 11.5 Å². The fraction of sp³-hybridized carbons (Fsp3) is 0.333. The van der Waals surface area contributed by atoms with Crippen LogP contribution in [0.15, 0.2) is 27.9 Å². The second-order valence-corrected chi connectivity index (χ2v) is 6.62. The minimum atomic E-state index is -0.641. The summed E-state index contributed by atoms with van der Waals surface area (Å²) in [5.74, 6) is -0.428. The van der Waals surface area contributed by atoms with E-state index in [0.717, 1.165) is 0 Å². The Morgan fingerprint density at radius 3 is 2.76 bits per heavy atom. The highest BCUT2D eigenvalue weighted by atomic mass is 16.6. The van der Waals surface area contributed by atoms with E-state index in [9.17, 15) is 14.9 Å². The summed E-state index contributed by atoms with van der Waals surface area (Å²) < 4.78 is 10.9. The number of ether oxygens (including phenoxy) is 1. The molecular formula is C18H22N10O5. The highest BCUT2D eigenvalue weighted by molar-refractivity contribution is 5.94. The molecule has 0 fully saturated rings. The number of nitro groups is 1. The Labute approximate surface area is 187 Å². The van der Waals surface area contributed by atoms with Gasteiger partial charge in [0.15, 0.2) is 11.4 Å². The van der Waals surface area contributed by atoms with Crippen molar-refractivity contribution in [2.24, 2.45) is 5.10 Å². The number of anilines is 1. The van der Waals surface area contributed by atoms with Gasteiger partial charge in [-0.3, -0.25) is 19.8 Å². The fourth-order valence-electron chi connectivity index (χ4n) is 2.94. The predicted molar refractivity (Wildman–Crippen MR) is 115 cm³/mol. The van der Waals surface area contributed by atoms with Gasteiger partial charge in [0, 0.05) is 18.2 Å². The summed E-state index contributed by atoms with van der Waals surface area (Å²) in [5.41, 5.74) is 8.70. The number of nitro benzene ring substituents is 1. The number of rotatable bonds is 10. The number of nitrogens with two attached hydrogens (primary N) is 1. The first kappa shape index (κ1) is 23.3. The summed E-state index contributed by atoms with van der Waals surface area (Å²) in [7, 11) is 1.34. The predicted octanol–water partition coefficient (Wildman–Crippen LogP) is 0.755. The minimum absolute atomic E-state index is 0.00200. The van der Waals surface area contributed by atoms with Crippen molar-refractivity contribution in [2.45, 2.75) is 20.4 Å². The quantitative estimate of drug-likeness (QED) is 0.247. The minimum Gasteiger partial charge on any atom is -0.490 e. The molecule has 0 spiro atoms. The Bertz CT molecular complexity index is 1170. The third-order valence-electron chi connectivity index (χ3n) is 4.72. The molecule has 0 saturated heterocycles. The number of hydrazone groups is 1. The van der Waals surface area contributed by atoms with Crippen LogP contribution in [0.1, 0.15) is 35.6 Å². The number of hydrogen-bond donors (Lipinski definition) is 2. The van der Waals surface area contributed by atoms with Crippen LogP contribution in [0.2, 0.25) is 0 Å². The molecule has 3 rings (SSSR count). The molecule has 0 aliphatic rings. The molecule has 2 heterocycles. The molecule has 1 aromatic carbocycles. The lowest BCUT2D eigenvalue weighted by Gasteiger charge is -2.18. The molecule has 0 unspecified atom stereocenters. The maximum Gasteiger partial charge on any atom is 0.311 e.